The molecule has 21 heavy (non-hydrogen) atoms. The van der Waals surface area contributed by atoms with E-state index < -0.39 is 5.92 Å². The molecule has 0 saturated heterocycles. The van der Waals surface area contributed by atoms with Gasteiger partial charge in [-0.1, -0.05) is 58.5 Å². The molecule has 2 rings (SSSR count). The molecule has 3 N–H and O–H groups in total. The van der Waals surface area contributed by atoms with Gasteiger partial charge in [0.2, 0.25) is 5.91 Å². The summed E-state index contributed by atoms with van der Waals surface area (Å²) in [6.07, 6.45) is 0.499. The monoisotopic (exact) mass is 362 g/mol. The third kappa shape index (κ3) is 4.65. The van der Waals surface area contributed by atoms with Gasteiger partial charge in [0.25, 0.3) is 0 Å². The van der Waals surface area contributed by atoms with Crippen LogP contribution < -0.4 is 11.1 Å². The smallest absolute Gasteiger partial charge is 0.234 e. The van der Waals surface area contributed by atoms with E-state index in [1.165, 1.54) is 0 Å². The molecule has 0 aliphatic heterocycles. The highest BCUT2D eigenvalue weighted by Gasteiger charge is 2.22. The van der Waals surface area contributed by atoms with Crippen molar-refractivity contribution in [1.82, 2.24) is 0 Å². The largest absolute Gasteiger partial charge is 0.393 e. The van der Waals surface area contributed by atoms with Gasteiger partial charge in [0.05, 0.1) is 10.9 Å². The molecule has 2 aromatic carbocycles. The maximum Gasteiger partial charge on any atom is 0.234 e. The number of anilines is 1. The number of hydrogen-bond donors (Lipinski definition) is 2. The van der Waals surface area contributed by atoms with Crippen LogP contribution in [0.3, 0.4) is 0 Å². The molecule has 0 aromatic heterocycles. The zero-order valence-electron chi connectivity index (χ0n) is 11.3. The van der Waals surface area contributed by atoms with Crippen LogP contribution in [0, 0.1) is 5.92 Å². The molecular weight excluding hydrogens is 348 g/mol. The molecule has 0 fully saturated rings. The van der Waals surface area contributed by atoms with E-state index in [1.54, 1.807) is 0 Å². The molecule has 0 saturated carbocycles. The maximum atomic E-state index is 12.4. The second-order valence-electron chi connectivity index (χ2n) is 4.64. The number of rotatable bonds is 5. The Morgan fingerprint density at radius 3 is 2.33 bits per heavy atom. The standard InChI is InChI=1S/C16H15BrN2OS/c17-12-6-8-13(9-7-12)19-16(20)14(15(18)21)10-11-4-2-1-3-5-11/h1-9,14H,10H2,(H2,18,21)(H,19,20). The normalized spacial score (nSPS) is 11.7. The van der Waals surface area contributed by atoms with Crippen molar-refractivity contribution >= 4 is 44.7 Å². The lowest BCUT2D eigenvalue weighted by Gasteiger charge is -2.15. The zero-order chi connectivity index (χ0) is 15.2. The molecule has 1 unspecified atom stereocenters. The van der Waals surface area contributed by atoms with Crippen LogP contribution in [0.15, 0.2) is 59.1 Å². The highest BCUT2D eigenvalue weighted by molar-refractivity contribution is 9.10. The maximum absolute atomic E-state index is 12.4. The SMILES string of the molecule is NC(=S)C(Cc1ccccc1)C(=O)Nc1ccc(Br)cc1. The number of hydrogen-bond acceptors (Lipinski definition) is 2. The van der Waals surface area contributed by atoms with Gasteiger partial charge in [0, 0.05) is 10.2 Å². The number of carbonyl (C=O) groups excluding carboxylic acids is 1. The van der Waals surface area contributed by atoms with Gasteiger partial charge in [-0.15, -0.1) is 0 Å². The Labute approximate surface area is 137 Å². The third-order valence-corrected chi connectivity index (χ3v) is 3.87. The quantitative estimate of drug-likeness (QED) is 0.799. The molecule has 1 amide bonds. The molecule has 0 radical (unpaired) electrons. The zero-order valence-corrected chi connectivity index (χ0v) is 13.7. The second-order valence-corrected chi connectivity index (χ2v) is 6.03. The Bertz CT molecular complexity index is 628. The minimum absolute atomic E-state index is 0.186. The van der Waals surface area contributed by atoms with Crippen molar-refractivity contribution in [1.29, 1.82) is 0 Å². The summed E-state index contributed by atoms with van der Waals surface area (Å²) in [5.74, 6) is -0.709. The van der Waals surface area contributed by atoms with Crippen molar-refractivity contribution < 1.29 is 4.79 Å². The fourth-order valence-electron chi connectivity index (χ4n) is 1.93. The fourth-order valence-corrected chi connectivity index (χ4v) is 2.39. The molecule has 5 heteroatoms. The van der Waals surface area contributed by atoms with E-state index in [-0.39, 0.29) is 10.9 Å². The van der Waals surface area contributed by atoms with Gasteiger partial charge in [0.15, 0.2) is 0 Å². The Hall–Kier alpha value is -1.72. The van der Waals surface area contributed by atoms with E-state index in [0.29, 0.717) is 6.42 Å². The second kappa shape index (κ2) is 7.33. The average Bonchev–Trinajstić information content (AvgIpc) is 2.48. The molecule has 0 aliphatic rings. The molecule has 0 bridgehead atoms. The number of halogens is 1. The Kier molecular flexibility index (Phi) is 5.47. The van der Waals surface area contributed by atoms with E-state index in [0.717, 1.165) is 15.7 Å². The summed E-state index contributed by atoms with van der Waals surface area (Å²) >= 11 is 8.39. The van der Waals surface area contributed by atoms with Gasteiger partial charge in [-0.3, -0.25) is 4.79 Å². The number of benzene rings is 2. The van der Waals surface area contributed by atoms with Crippen molar-refractivity contribution in [2.24, 2.45) is 11.7 Å². The summed E-state index contributed by atoms with van der Waals surface area (Å²) in [5.41, 5.74) is 7.48. The highest BCUT2D eigenvalue weighted by Crippen LogP contribution is 2.16. The molecular formula is C16H15BrN2OS. The van der Waals surface area contributed by atoms with E-state index in [9.17, 15) is 4.79 Å². The molecule has 2 aromatic rings. The summed E-state index contributed by atoms with van der Waals surface area (Å²) < 4.78 is 0.954. The van der Waals surface area contributed by atoms with Crippen LogP contribution in [-0.2, 0) is 11.2 Å². The van der Waals surface area contributed by atoms with Crippen LogP contribution in [0.1, 0.15) is 5.56 Å². The molecule has 0 heterocycles. The number of thiocarbonyl (C=S) groups is 1. The molecule has 0 spiro atoms. The molecule has 0 aliphatic carbocycles. The Morgan fingerprint density at radius 1 is 1.14 bits per heavy atom. The molecule has 108 valence electrons. The predicted octanol–water partition coefficient (Wildman–Crippen LogP) is 3.53. The van der Waals surface area contributed by atoms with Crippen molar-refractivity contribution in [3.8, 4) is 0 Å². The van der Waals surface area contributed by atoms with Crippen LogP contribution >= 0.6 is 28.1 Å². The van der Waals surface area contributed by atoms with Gasteiger partial charge < -0.3 is 11.1 Å². The number of carbonyl (C=O) groups is 1. The van der Waals surface area contributed by atoms with E-state index in [2.05, 4.69) is 21.2 Å². The molecule has 1 atom stereocenters. The highest BCUT2D eigenvalue weighted by atomic mass is 79.9. The first kappa shape index (κ1) is 15.7. The number of nitrogens with one attached hydrogen (secondary N) is 1. The lowest BCUT2D eigenvalue weighted by molar-refractivity contribution is -0.118. The van der Waals surface area contributed by atoms with E-state index in [1.807, 2.05) is 54.6 Å². The first-order valence-electron chi connectivity index (χ1n) is 6.46. The fraction of sp³-hybridized carbons (Fsp3) is 0.125. The summed E-state index contributed by atoms with van der Waals surface area (Å²) in [6, 6.07) is 17.1. The van der Waals surface area contributed by atoms with Crippen molar-refractivity contribution in [2.75, 3.05) is 5.32 Å². The molecule has 3 nitrogen and oxygen atoms in total. The summed E-state index contributed by atoms with van der Waals surface area (Å²) in [4.78, 5) is 12.6. The van der Waals surface area contributed by atoms with Gasteiger partial charge in [-0.05, 0) is 36.2 Å². The topological polar surface area (TPSA) is 55.1 Å². The van der Waals surface area contributed by atoms with Gasteiger partial charge in [-0.25, -0.2) is 0 Å². The van der Waals surface area contributed by atoms with Crippen molar-refractivity contribution in [2.45, 2.75) is 6.42 Å². The first-order valence-corrected chi connectivity index (χ1v) is 7.66. The lowest BCUT2D eigenvalue weighted by atomic mass is 9.98. The lowest BCUT2D eigenvalue weighted by Crippen LogP contribution is -2.34. The first-order chi connectivity index (χ1) is 10.1. The summed E-state index contributed by atoms with van der Waals surface area (Å²) in [5, 5.41) is 2.84. The summed E-state index contributed by atoms with van der Waals surface area (Å²) in [6.45, 7) is 0. The van der Waals surface area contributed by atoms with Gasteiger partial charge in [0.1, 0.15) is 0 Å². The van der Waals surface area contributed by atoms with Crippen molar-refractivity contribution in [3.63, 3.8) is 0 Å². The minimum Gasteiger partial charge on any atom is -0.393 e. The van der Waals surface area contributed by atoms with Crippen LogP contribution in [0.5, 0.6) is 0 Å². The van der Waals surface area contributed by atoms with E-state index in [4.69, 9.17) is 18.0 Å². The average molecular weight is 363 g/mol. The van der Waals surface area contributed by atoms with Gasteiger partial charge in [-0.2, -0.15) is 0 Å². The van der Waals surface area contributed by atoms with Crippen LogP contribution in [0.25, 0.3) is 0 Å². The number of amides is 1. The van der Waals surface area contributed by atoms with Crippen LogP contribution in [0.2, 0.25) is 0 Å². The van der Waals surface area contributed by atoms with Crippen LogP contribution in [-0.4, -0.2) is 10.9 Å². The number of nitrogens with two attached hydrogens (primary N) is 1. The third-order valence-electron chi connectivity index (χ3n) is 3.05. The van der Waals surface area contributed by atoms with Gasteiger partial charge >= 0.3 is 0 Å². The van der Waals surface area contributed by atoms with E-state index >= 15 is 0 Å². The Morgan fingerprint density at radius 2 is 1.76 bits per heavy atom. The van der Waals surface area contributed by atoms with Crippen LogP contribution in [0.4, 0.5) is 5.69 Å². The summed E-state index contributed by atoms with van der Waals surface area (Å²) in [7, 11) is 0. The minimum atomic E-state index is -0.522. The van der Waals surface area contributed by atoms with Crippen molar-refractivity contribution in [3.05, 3.63) is 64.6 Å². The Balaban J connectivity index is 2.09. The predicted molar refractivity (Wildman–Crippen MR) is 93.2 cm³/mol.